The van der Waals surface area contributed by atoms with Crippen molar-refractivity contribution in [2.75, 3.05) is 7.11 Å². The predicted molar refractivity (Wildman–Crippen MR) is 69.7 cm³/mol. The Hall–Kier alpha value is -2.36. The SMILES string of the molecule is COc1ccc(-c2ccccc2F)c(CC(=O)O)c1. The van der Waals surface area contributed by atoms with Gasteiger partial charge in [0.25, 0.3) is 0 Å². The fraction of sp³-hybridized carbons (Fsp3) is 0.133. The molecule has 0 unspecified atom stereocenters. The molecular formula is C15H13FO3. The van der Waals surface area contributed by atoms with Gasteiger partial charge in [-0.05, 0) is 29.3 Å². The Morgan fingerprint density at radius 2 is 1.95 bits per heavy atom. The maximum atomic E-state index is 13.8. The lowest BCUT2D eigenvalue weighted by Gasteiger charge is -2.11. The average molecular weight is 260 g/mol. The molecule has 2 aromatic carbocycles. The number of rotatable bonds is 4. The van der Waals surface area contributed by atoms with E-state index in [2.05, 4.69) is 0 Å². The first-order valence-electron chi connectivity index (χ1n) is 5.75. The second-order valence-electron chi connectivity index (χ2n) is 4.07. The molecule has 1 N–H and O–H groups in total. The number of carboxylic acid groups (broad SMARTS) is 1. The summed E-state index contributed by atoms with van der Waals surface area (Å²) in [7, 11) is 1.50. The Labute approximate surface area is 110 Å². The first-order chi connectivity index (χ1) is 9.11. The van der Waals surface area contributed by atoms with Gasteiger partial charge in [0.15, 0.2) is 0 Å². The minimum Gasteiger partial charge on any atom is -0.497 e. The standard InChI is InChI=1S/C15H13FO3/c1-19-11-6-7-12(10(8-11)9-15(17)18)13-4-2-3-5-14(13)16/h2-8H,9H2,1H3,(H,17,18). The minimum absolute atomic E-state index is 0.180. The first-order valence-corrected chi connectivity index (χ1v) is 5.75. The van der Waals surface area contributed by atoms with Gasteiger partial charge in [-0.1, -0.05) is 24.3 Å². The molecule has 0 aliphatic heterocycles. The van der Waals surface area contributed by atoms with Crippen LogP contribution in [0.5, 0.6) is 5.75 Å². The second kappa shape index (κ2) is 5.52. The highest BCUT2D eigenvalue weighted by atomic mass is 19.1. The van der Waals surface area contributed by atoms with Crippen molar-refractivity contribution in [3.05, 3.63) is 53.8 Å². The topological polar surface area (TPSA) is 46.5 Å². The van der Waals surface area contributed by atoms with E-state index in [1.807, 2.05) is 0 Å². The summed E-state index contributed by atoms with van der Waals surface area (Å²) in [6, 6.07) is 11.3. The van der Waals surface area contributed by atoms with Crippen LogP contribution in [0, 0.1) is 5.82 Å². The van der Waals surface area contributed by atoms with E-state index in [-0.39, 0.29) is 12.2 Å². The van der Waals surface area contributed by atoms with Crippen LogP contribution < -0.4 is 4.74 Å². The highest BCUT2D eigenvalue weighted by molar-refractivity contribution is 5.77. The molecule has 0 aliphatic rings. The van der Waals surface area contributed by atoms with Gasteiger partial charge in [0.2, 0.25) is 0 Å². The summed E-state index contributed by atoms with van der Waals surface area (Å²) in [4.78, 5) is 10.9. The molecule has 0 aliphatic carbocycles. The van der Waals surface area contributed by atoms with Crippen molar-refractivity contribution in [2.45, 2.75) is 6.42 Å². The van der Waals surface area contributed by atoms with Gasteiger partial charge in [0.05, 0.1) is 13.5 Å². The van der Waals surface area contributed by atoms with E-state index in [1.54, 1.807) is 36.4 Å². The van der Waals surface area contributed by atoms with Crippen LogP contribution in [0.15, 0.2) is 42.5 Å². The fourth-order valence-corrected chi connectivity index (χ4v) is 1.95. The summed E-state index contributed by atoms with van der Waals surface area (Å²) in [6.07, 6.45) is -0.180. The second-order valence-corrected chi connectivity index (χ2v) is 4.07. The summed E-state index contributed by atoms with van der Waals surface area (Å²) in [5.41, 5.74) is 1.49. The Kier molecular flexibility index (Phi) is 3.80. The van der Waals surface area contributed by atoms with Crippen molar-refractivity contribution >= 4 is 5.97 Å². The zero-order chi connectivity index (χ0) is 13.8. The van der Waals surface area contributed by atoms with E-state index < -0.39 is 5.97 Å². The predicted octanol–water partition coefficient (Wildman–Crippen LogP) is 3.13. The minimum atomic E-state index is -0.967. The van der Waals surface area contributed by atoms with E-state index in [0.29, 0.717) is 22.4 Å². The van der Waals surface area contributed by atoms with Gasteiger partial charge in [-0.25, -0.2) is 4.39 Å². The molecule has 4 heteroatoms. The number of benzene rings is 2. The van der Waals surface area contributed by atoms with Crippen LogP contribution in [-0.4, -0.2) is 18.2 Å². The molecule has 0 fully saturated rings. The quantitative estimate of drug-likeness (QED) is 0.918. The maximum Gasteiger partial charge on any atom is 0.307 e. The third kappa shape index (κ3) is 2.91. The Morgan fingerprint density at radius 1 is 1.21 bits per heavy atom. The average Bonchev–Trinajstić information content (AvgIpc) is 2.39. The van der Waals surface area contributed by atoms with Crippen LogP contribution in [0.1, 0.15) is 5.56 Å². The third-order valence-corrected chi connectivity index (χ3v) is 2.82. The van der Waals surface area contributed by atoms with E-state index in [4.69, 9.17) is 9.84 Å². The summed E-state index contributed by atoms with van der Waals surface area (Å²) >= 11 is 0. The summed E-state index contributed by atoms with van der Waals surface area (Å²) < 4.78 is 18.9. The maximum absolute atomic E-state index is 13.8. The van der Waals surface area contributed by atoms with E-state index in [0.717, 1.165) is 0 Å². The smallest absolute Gasteiger partial charge is 0.307 e. The van der Waals surface area contributed by atoms with Crippen LogP contribution in [0.2, 0.25) is 0 Å². The van der Waals surface area contributed by atoms with Crippen molar-refractivity contribution in [3.8, 4) is 16.9 Å². The molecule has 0 aromatic heterocycles. The molecule has 0 heterocycles. The molecular weight excluding hydrogens is 247 g/mol. The summed E-state index contributed by atoms with van der Waals surface area (Å²) in [6.45, 7) is 0. The Balaban J connectivity index is 2.56. The summed E-state index contributed by atoms with van der Waals surface area (Å²) in [5, 5.41) is 8.94. The highest BCUT2D eigenvalue weighted by Gasteiger charge is 2.12. The van der Waals surface area contributed by atoms with Gasteiger partial charge < -0.3 is 9.84 Å². The largest absolute Gasteiger partial charge is 0.497 e. The molecule has 0 saturated heterocycles. The number of ether oxygens (including phenoxy) is 1. The molecule has 98 valence electrons. The number of hydrogen-bond donors (Lipinski definition) is 1. The third-order valence-electron chi connectivity index (χ3n) is 2.82. The molecule has 0 amide bonds. The zero-order valence-electron chi connectivity index (χ0n) is 10.4. The molecule has 0 bridgehead atoms. The zero-order valence-corrected chi connectivity index (χ0v) is 10.4. The Morgan fingerprint density at radius 3 is 2.58 bits per heavy atom. The number of aliphatic carboxylic acids is 1. The fourth-order valence-electron chi connectivity index (χ4n) is 1.95. The van der Waals surface area contributed by atoms with Crippen LogP contribution in [-0.2, 0) is 11.2 Å². The molecule has 0 spiro atoms. The van der Waals surface area contributed by atoms with E-state index in [9.17, 15) is 9.18 Å². The molecule has 2 rings (SSSR count). The van der Waals surface area contributed by atoms with Gasteiger partial charge in [0.1, 0.15) is 11.6 Å². The van der Waals surface area contributed by atoms with Crippen LogP contribution in [0.25, 0.3) is 11.1 Å². The number of hydrogen-bond acceptors (Lipinski definition) is 2. The molecule has 2 aromatic rings. The van der Waals surface area contributed by atoms with Gasteiger partial charge in [-0.15, -0.1) is 0 Å². The Bertz CT molecular complexity index is 608. The monoisotopic (exact) mass is 260 g/mol. The van der Waals surface area contributed by atoms with E-state index in [1.165, 1.54) is 13.2 Å². The lowest BCUT2D eigenvalue weighted by molar-refractivity contribution is -0.136. The number of methoxy groups -OCH3 is 1. The number of carboxylic acids is 1. The van der Waals surface area contributed by atoms with Crippen LogP contribution in [0.4, 0.5) is 4.39 Å². The first kappa shape index (κ1) is 13.1. The molecule has 0 atom stereocenters. The number of halogens is 1. The lowest BCUT2D eigenvalue weighted by Crippen LogP contribution is -2.03. The van der Waals surface area contributed by atoms with Crippen LogP contribution >= 0.6 is 0 Å². The molecule has 3 nitrogen and oxygen atoms in total. The number of carbonyl (C=O) groups is 1. The van der Waals surface area contributed by atoms with Gasteiger partial charge in [0, 0.05) is 5.56 Å². The molecule has 0 radical (unpaired) electrons. The van der Waals surface area contributed by atoms with Gasteiger partial charge in [-0.3, -0.25) is 4.79 Å². The molecule has 0 saturated carbocycles. The normalized spacial score (nSPS) is 10.2. The van der Waals surface area contributed by atoms with Crippen LogP contribution in [0.3, 0.4) is 0 Å². The van der Waals surface area contributed by atoms with Gasteiger partial charge in [-0.2, -0.15) is 0 Å². The van der Waals surface area contributed by atoms with Crippen molar-refractivity contribution in [3.63, 3.8) is 0 Å². The lowest BCUT2D eigenvalue weighted by atomic mass is 9.97. The van der Waals surface area contributed by atoms with Crippen molar-refractivity contribution in [1.82, 2.24) is 0 Å². The highest BCUT2D eigenvalue weighted by Crippen LogP contribution is 2.29. The summed E-state index contributed by atoms with van der Waals surface area (Å²) in [5.74, 6) is -0.790. The van der Waals surface area contributed by atoms with Crippen molar-refractivity contribution < 1.29 is 19.0 Å². The van der Waals surface area contributed by atoms with Crippen molar-refractivity contribution in [1.29, 1.82) is 0 Å². The van der Waals surface area contributed by atoms with E-state index >= 15 is 0 Å². The molecule has 19 heavy (non-hydrogen) atoms. The van der Waals surface area contributed by atoms with Gasteiger partial charge >= 0.3 is 5.97 Å². The van der Waals surface area contributed by atoms with Crippen molar-refractivity contribution in [2.24, 2.45) is 0 Å².